The van der Waals surface area contributed by atoms with Gasteiger partial charge in [-0.25, -0.2) is 13.2 Å². The second-order valence-corrected chi connectivity index (χ2v) is 8.02. The Kier molecular flexibility index (Phi) is 7.10. The molecule has 0 aliphatic rings. The summed E-state index contributed by atoms with van der Waals surface area (Å²) in [6.45, 7) is 9.52. The minimum Gasteiger partial charge on any atom is -0.451 e. The van der Waals surface area contributed by atoms with Crippen LogP contribution in [-0.4, -0.2) is 38.5 Å². The summed E-state index contributed by atoms with van der Waals surface area (Å²) in [6, 6.07) is -0.448. The highest BCUT2D eigenvalue weighted by Gasteiger charge is 2.29. The minimum absolute atomic E-state index is 0.110. The van der Waals surface area contributed by atoms with Crippen molar-refractivity contribution in [2.45, 2.75) is 58.6 Å². The van der Waals surface area contributed by atoms with Crippen LogP contribution in [0.3, 0.4) is 0 Å². The number of carbonyl (C=O) groups is 3. The maximum absolute atomic E-state index is 12.8. The molecular formula is C17H25N3O6S. The van der Waals surface area contributed by atoms with Gasteiger partial charge in [-0.3, -0.25) is 14.9 Å². The average Bonchev–Trinajstić information content (AvgIpc) is 2.51. The van der Waals surface area contributed by atoms with Crippen molar-refractivity contribution in [2.75, 3.05) is 0 Å². The van der Waals surface area contributed by atoms with E-state index >= 15 is 0 Å². The lowest BCUT2D eigenvalue weighted by molar-refractivity contribution is -0.155. The fraction of sp³-hybridized carbons (Fsp3) is 0.471. The average molecular weight is 399 g/mol. The predicted molar refractivity (Wildman–Crippen MR) is 98.5 cm³/mol. The van der Waals surface area contributed by atoms with E-state index in [9.17, 15) is 22.8 Å². The summed E-state index contributed by atoms with van der Waals surface area (Å²) in [6.07, 6.45) is -1.32. The highest BCUT2D eigenvalue weighted by molar-refractivity contribution is 7.89. The van der Waals surface area contributed by atoms with Crippen LogP contribution in [-0.2, 0) is 24.3 Å². The second-order valence-electron chi connectivity index (χ2n) is 6.37. The predicted octanol–water partition coefficient (Wildman–Crippen LogP) is 0.714. The summed E-state index contributed by atoms with van der Waals surface area (Å²) < 4.78 is 32.7. The minimum atomic E-state index is -4.01. The summed E-state index contributed by atoms with van der Waals surface area (Å²) in [5, 5.41) is 1.77. The van der Waals surface area contributed by atoms with Crippen molar-refractivity contribution >= 4 is 27.9 Å². The van der Waals surface area contributed by atoms with E-state index in [4.69, 9.17) is 10.5 Å². The molecule has 9 nitrogen and oxygen atoms in total. The van der Waals surface area contributed by atoms with E-state index in [0.29, 0.717) is 11.1 Å². The van der Waals surface area contributed by atoms with E-state index in [1.165, 1.54) is 13.8 Å². The molecule has 0 radical (unpaired) electrons. The summed E-state index contributed by atoms with van der Waals surface area (Å²) in [4.78, 5) is 34.4. The molecule has 27 heavy (non-hydrogen) atoms. The highest BCUT2D eigenvalue weighted by atomic mass is 32.2. The van der Waals surface area contributed by atoms with Gasteiger partial charge in [0.05, 0.1) is 4.90 Å². The Bertz CT molecular complexity index is 853. The molecule has 0 saturated heterocycles. The van der Waals surface area contributed by atoms with Crippen LogP contribution < -0.4 is 15.8 Å². The van der Waals surface area contributed by atoms with Crippen LogP contribution in [0.25, 0.3) is 0 Å². The number of urea groups is 1. The zero-order chi connectivity index (χ0) is 21.1. The number of primary amides is 1. The standard InChI is InChI=1S/C17H25N3O6S/c1-8-7-9(2)11(4)14(10(8)3)27(24,25)20-12(5)16(22)26-13(6)15(21)19-17(18)23/h7,12-13,20H,1-6H3,(H3,18,19,21,23)/t12-,13+/m0/s1. The Labute approximate surface area is 158 Å². The summed E-state index contributed by atoms with van der Waals surface area (Å²) in [5.41, 5.74) is 7.61. The molecule has 0 aromatic heterocycles. The highest BCUT2D eigenvalue weighted by Crippen LogP contribution is 2.26. The number of aryl methyl sites for hydroxylation is 2. The van der Waals surface area contributed by atoms with Gasteiger partial charge >= 0.3 is 12.0 Å². The van der Waals surface area contributed by atoms with Crippen molar-refractivity contribution < 1.29 is 27.5 Å². The van der Waals surface area contributed by atoms with Gasteiger partial charge < -0.3 is 10.5 Å². The molecule has 4 N–H and O–H groups in total. The number of nitrogens with one attached hydrogen (secondary N) is 2. The number of imide groups is 1. The molecule has 10 heteroatoms. The fourth-order valence-electron chi connectivity index (χ4n) is 2.48. The Hall–Kier alpha value is -2.46. The molecule has 1 aromatic carbocycles. The van der Waals surface area contributed by atoms with E-state index in [0.717, 1.165) is 11.1 Å². The summed E-state index contributed by atoms with van der Waals surface area (Å²) in [5.74, 6) is -1.88. The number of sulfonamides is 1. The third-order valence-electron chi connectivity index (χ3n) is 4.16. The number of hydrogen-bond donors (Lipinski definition) is 3. The molecule has 2 atom stereocenters. The van der Waals surface area contributed by atoms with Gasteiger partial charge in [0.25, 0.3) is 5.91 Å². The van der Waals surface area contributed by atoms with Crippen LogP contribution in [0, 0.1) is 27.7 Å². The van der Waals surface area contributed by atoms with Crippen LogP contribution in [0.4, 0.5) is 4.79 Å². The van der Waals surface area contributed by atoms with Crippen molar-refractivity contribution in [3.63, 3.8) is 0 Å². The third-order valence-corrected chi connectivity index (χ3v) is 5.97. The maximum atomic E-state index is 12.8. The van der Waals surface area contributed by atoms with Gasteiger partial charge in [0.1, 0.15) is 6.04 Å². The Morgan fingerprint density at radius 3 is 1.96 bits per heavy atom. The van der Waals surface area contributed by atoms with Crippen LogP contribution in [0.5, 0.6) is 0 Å². The zero-order valence-electron chi connectivity index (χ0n) is 16.2. The second kappa shape index (κ2) is 8.49. The molecule has 1 rings (SSSR count). The third kappa shape index (κ3) is 5.51. The van der Waals surface area contributed by atoms with E-state index in [-0.39, 0.29) is 4.90 Å². The number of amides is 3. The van der Waals surface area contributed by atoms with Crippen molar-refractivity contribution in [2.24, 2.45) is 5.73 Å². The first-order valence-electron chi connectivity index (χ1n) is 8.18. The SMILES string of the molecule is Cc1cc(C)c(C)c(S(=O)(=O)N[C@@H](C)C(=O)O[C@H](C)C(=O)NC(N)=O)c1C. The molecule has 1 aromatic rings. The van der Waals surface area contributed by atoms with Crippen molar-refractivity contribution in [1.29, 1.82) is 0 Å². The van der Waals surface area contributed by atoms with E-state index in [1.54, 1.807) is 33.0 Å². The summed E-state index contributed by atoms with van der Waals surface area (Å²) in [7, 11) is -4.01. The molecule has 0 spiro atoms. The number of hydrogen-bond acceptors (Lipinski definition) is 6. The van der Waals surface area contributed by atoms with Gasteiger partial charge in [-0.05, 0) is 63.8 Å². The maximum Gasteiger partial charge on any atom is 0.324 e. The van der Waals surface area contributed by atoms with Crippen LogP contribution >= 0.6 is 0 Å². The topological polar surface area (TPSA) is 145 Å². The number of rotatable bonds is 6. The van der Waals surface area contributed by atoms with Gasteiger partial charge in [-0.1, -0.05) is 6.07 Å². The van der Waals surface area contributed by atoms with Gasteiger partial charge in [0.2, 0.25) is 10.0 Å². The number of esters is 1. The van der Waals surface area contributed by atoms with Crippen LogP contribution in [0.15, 0.2) is 11.0 Å². The zero-order valence-corrected chi connectivity index (χ0v) is 17.0. The van der Waals surface area contributed by atoms with Gasteiger partial charge in [-0.15, -0.1) is 0 Å². The first-order chi connectivity index (χ1) is 12.3. The molecule has 0 bridgehead atoms. The van der Waals surface area contributed by atoms with Gasteiger partial charge in [0, 0.05) is 0 Å². The molecule has 0 unspecified atom stereocenters. The largest absolute Gasteiger partial charge is 0.451 e. The number of benzene rings is 1. The van der Waals surface area contributed by atoms with Crippen molar-refractivity contribution in [3.05, 3.63) is 28.3 Å². The van der Waals surface area contributed by atoms with E-state index < -0.39 is 40.1 Å². The van der Waals surface area contributed by atoms with Gasteiger partial charge in [-0.2, -0.15) is 4.72 Å². The Morgan fingerprint density at radius 2 is 1.52 bits per heavy atom. The normalized spacial score (nSPS) is 13.6. The van der Waals surface area contributed by atoms with Crippen molar-refractivity contribution in [1.82, 2.24) is 10.0 Å². The van der Waals surface area contributed by atoms with Crippen molar-refractivity contribution in [3.8, 4) is 0 Å². The van der Waals surface area contributed by atoms with Crippen LogP contribution in [0.2, 0.25) is 0 Å². The number of carbonyl (C=O) groups excluding carboxylic acids is 3. The Morgan fingerprint density at radius 1 is 1.04 bits per heavy atom. The molecule has 0 aliphatic carbocycles. The Balaban J connectivity index is 2.99. The number of ether oxygens (including phenoxy) is 1. The first kappa shape index (κ1) is 22.6. The van der Waals surface area contributed by atoms with Crippen LogP contribution in [0.1, 0.15) is 36.1 Å². The molecule has 0 fully saturated rings. The number of nitrogens with two attached hydrogens (primary N) is 1. The lowest BCUT2D eigenvalue weighted by atomic mass is 10.0. The molecule has 0 aliphatic heterocycles. The molecule has 3 amide bonds. The van der Waals surface area contributed by atoms with E-state index in [2.05, 4.69) is 4.72 Å². The lowest BCUT2D eigenvalue weighted by Crippen LogP contribution is -2.45. The summed E-state index contributed by atoms with van der Waals surface area (Å²) >= 11 is 0. The quantitative estimate of drug-likeness (QED) is 0.601. The monoisotopic (exact) mass is 399 g/mol. The van der Waals surface area contributed by atoms with E-state index in [1.807, 2.05) is 6.07 Å². The molecule has 0 saturated carbocycles. The smallest absolute Gasteiger partial charge is 0.324 e. The molecule has 0 heterocycles. The lowest BCUT2D eigenvalue weighted by Gasteiger charge is -2.20. The van der Waals surface area contributed by atoms with Gasteiger partial charge in [0.15, 0.2) is 6.10 Å². The molecular weight excluding hydrogens is 374 g/mol. The first-order valence-corrected chi connectivity index (χ1v) is 9.66. The fourth-order valence-corrected chi connectivity index (χ4v) is 4.28. The molecule has 150 valence electrons.